The smallest absolute Gasteiger partial charge is 0.155 e. The van der Waals surface area contributed by atoms with Gasteiger partial charge in [-0.1, -0.05) is 19.4 Å². The van der Waals surface area contributed by atoms with Crippen molar-refractivity contribution in [1.82, 2.24) is 0 Å². The fourth-order valence-corrected chi connectivity index (χ4v) is 6.07. The van der Waals surface area contributed by atoms with Gasteiger partial charge < -0.3 is 0 Å². The minimum absolute atomic E-state index is 0.0744. The number of carbonyl (C=O) groups is 2. The minimum atomic E-state index is -2.85. The van der Waals surface area contributed by atoms with E-state index in [4.69, 9.17) is 11.0 Å². The molecule has 0 aromatic rings. The molecule has 0 aromatic carbocycles. The summed E-state index contributed by atoms with van der Waals surface area (Å²) >= 11 is 0. The topological polar surface area (TPSA) is 34.1 Å². The molecule has 4 aliphatic rings. The summed E-state index contributed by atoms with van der Waals surface area (Å²) in [6.07, 6.45) is -0.924. The Morgan fingerprint density at radius 3 is 2.83 bits per heavy atom. The summed E-state index contributed by atoms with van der Waals surface area (Å²) in [5, 5.41) is 0. The second-order valence-corrected chi connectivity index (χ2v) is 8.25. The van der Waals surface area contributed by atoms with Crippen molar-refractivity contribution in [2.24, 2.45) is 34.5 Å². The Labute approximate surface area is 151 Å². The molecule has 6 atom stereocenters. The van der Waals surface area contributed by atoms with E-state index >= 15 is 0 Å². The van der Waals surface area contributed by atoms with Crippen molar-refractivity contribution in [3.8, 4) is 0 Å². The summed E-state index contributed by atoms with van der Waals surface area (Å²) in [5.74, 6) is -3.89. The highest BCUT2D eigenvalue weighted by molar-refractivity contribution is 5.91. The third-order valence-corrected chi connectivity index (χ3v) is 7.36. The Morgan fingerprint density at radius 2 is 2.04 bits per heavy atom. The molecular weight excluding hydrogens is 284 g/mol. The largest absolute Gasteiger partial charge is 0.300 e. The van der Waals surface area contributed by atoms with Gasteiger partial charge in [0.15, 0.2) is 5.78 Å². The Hall–Kier alpha value is -0.920. The zero-order valence-electron chi connectivity index (χ0n) is 21.9. The summed E-state index contributed by atoms with van der Waals surface area (Å²) in [6.45, 7) is 0.834. The van der Waals surface area contributed by atoms with E-state index < -0.39 is 47.9 Å². The van der Waals surface area contributed by atoms with Gasteiger partial charge in [-0.3, -0.25) is 9.59 Å². The van der Waals surface area contributed by atoms with Gasteiger partial charge >= 0.3 is 0 Å². The van der Waals surface area contributed by atoms with E-state index in [0.717, 1.165) is 0 Å². The van der Waals surface area contributed by atoms with Crippen LogP contribution in [-0.4, -0.2) is 11.6 Å². The molecule has 23 heavy (non-hydrogen) atoms. The van der Waals surface area contributed by atoms with E-state index in [0.29, 0.717) is 24.8 Å². The summed E-state index contributed by atoms with van der Waals surface area (Å²) in [6, 6.07) is 0. The molecule has 0 saturated heterocycles. The first kappa shape index (κ1) is 8.97. The quantitative estimate of drug-likeness (QED) is 0.700. The molecule has 0 heterocycles. The molecule has 2 heteroatoms. The Bertz CT molecular complexity index is 877. The maximum Gasteiger partial charge on any atom is 0.155 e. The number of fused-ring (bicyclic) bond motifs is 5. The fraction of sp³-hybridized carbons (Fsp3) is 0.810. The van der Waals surface area contributed by atoms with Gasteiger partial charge in [-0.2, -0.15) is 0 Å². The fourth-order valence-electron chi connectivity index (χ4n) is 6.07. The molecule has 0 amide bonds. The van der Waals surface area contributed by atoms with Crippen LogP contribution in [0.2, 0.25) is 0 Å². The first-order valence-electron chi connectivity index (χ1n) is 12.7. The predicted octanol–water partition coefficient (Wildman–Crippen LogP) is 4.72. The van der Waals surface area contributed by atoms with Crippen LogP contribution in [0.5, 0.6) is 0 Å². The van der Waals surface area contributed by atoms with Gasteiger partial charge in [0.1, 0.15) is 5.78 Å². The van der Waals surface area contributed by atoms with Gasteiger partial charge in [-0.05, 0) is 86.4 Å². The normalized spacial score (nSPS) is 62.3. The van der Waals surface area contributed by atoms with Crippen LogP contribution in [0.3, 0.4) is 0 Å². The molecular formula is C21H30O2. The molecule has 0 radical (unpaired) electrons. The third kappa shape index (κ3) is 2.06. The van der Waals surface area contributed by atoms with E-state index in [-0.39, 0.29) is 37.0 Å². The standard InChI is InChI=1S/C21H30O2/c1-13(22)17-6-7-18-16-5-4-14-12-15(23)8-10-20(14,2)19(16)9-11-21(17,18)3/h12,16-19H,4-11H2,1-3H3/t16-,17+,18-,19-,20-,21+/m0/s1/i1D3,4D2,8D2,17D. The van der Waals surface area contributed by atoms with Gasteiger partial charge in [0.2, 0.25) is 0 Å². The first-order chi connectivity index (χ1) is 13.9. The molecule has 3 fully saturated rings. The molecule has 0 unspecified atom stereocenters. The number of ketones is 2. The number of hydrogen-bond acceptors (Lipinski definition) is 2. The van der Waals surface area contributed by atoms with Crippen LogP contribution >= 0.6 is 0 Å². The molecule has 0 bridgehead atoms. The van der Waals surface area contributed by atoms with E-state index in [1.807, 2.05) is 13.8 Å². The van der Waals surface area contributed by atoms with E-state index in [9.17, 15) is 9.59 Å². The Balaban J connectivity index is 1.78. The van der Waals surface area contributed by atoms with Crippen LogP contribution in [0, 0.1) is 34.5 Å². The SMILES string of the molecule is [2H]C([2H])([2H])C(=O)[C@@]1([2H])CC[C@H]2[C@@H]3CC([2H])([2H])C4=CC(=O)C([2H])([2H])C[C@]4(C)[C@H]3CC[C@@]21C. The van der Waals surface area contributed by atoms with E-state index in [2.05, 4.69) is 0 Å². The molecule has 2 nitrogen and oxygen atoms in total. The highest BCUT2D eigenvalue weighted by Crippen LogP contribution is 2.66. The van der Waals surface area contributed by atoms with Gasteiger partial charge in [-0.25, -0.2) is 0 Å². The highest BCUT2D eigenvalue weighted by atomic mass is 16.1. The number of rotatable bonds is 1. The molecule has 0 aromatic heterocycles. The van der Waals surface area contributed by atoms with E-state index in [1.165, 1.54) is 6.08 Å². The van der Waals surface area contributed by atoms with Crippen molar-refractivity contribution in [3.05, 3.63) is 11.6 Å². The molecule has 0 aliphatic heterocycles. The second-order valence-electron chi connectivity index (χ2n) is 8.25. The van der Waals surface area contributed by atoms with E-state index in [1.54, 1.807) is 0 Å². The summed E-state index contributed by atoms with van der Waals surface area (Å²) in [5.41, 5.74) is -1.32. The Kier molecular flexibility index (Phi) is 1.96. The molecule has 4 aliphatic carbocycles. The Morgan fingerprint density at radius 1 is 1.22 bits per heavy atom. The van der Waals surface area contributed by atoms with Crippen LogP contribution in [0.1, 0.15) is 82.9 Å². The summed E-state index contributed by atoms with van der Waals surface area (Å²) in [4.78, 5) is 25.1. The second kappa shape index (κ2) is 5.04. The molecule has 4 rings (SSSR count). The number of Topliss-reactive ketones (excluding diaryl/α,β-unsaturated/α-hetero) is 1. The minimum Gasteiger partial charge on any atom is -0.300 e. The van der Waals surface area contributed by atoms with Crippen molar-refractivity contribution in [2.45, 2.75) is 72.0 Å². The van der Waals surface area contributed by atoms with Gasteiger partial charge in [0, 0.05) is 23.2 Å². The van der Waals surface area contributed by atoms with Crippen LogP contribution in [0.15, 0.2) is 11.6 Å². The van der Waals surface area contributed by atoms with Crippen LogP contribution < -0.4 is 0 Å². The lowest BCUT2D eigenvalue weighted by molar-refractivity contribution is -0.128. The molecule has 0 N–H and O–H groups in total. The summed E-state index contributed by atoms with van der Waals surface area (Å²) in [7, 11) is 0. The monoisotopic (exact) mass is 322 g/mol. The van der Waals surface area contributed by atoms with Crippen molar-refractivity contribution in [2.75, 3.05) is 0 Å². The van der Waals surface area contributed by atoms with Crippen molar-refractivity contribution >= 4 is 11.6 Å². The zero-order chi connectivity index (χ0) is 23.4. The van der Waals surface area contributed by atoms with Gasteiger partial charge in [0.25, 0.3) is 0 Å². The average molecular weight is 323 g/mol. The van der Waals surface area contributed by atoms with Crippen LogP contribution in [0.4, 0.5) is 0 Å². The predicted molar refractivity (Wildman–Crippen MR) is 90.9 cm³/mol. The number of allylic oxidation sites excluding steroid dienone is 1. The van der Waals surface area contributed by atoms with Crippen molar-refractivity contribution in [3.63, 3.8) is 0 Å². The number of hydrogen-bond donors (Lipinski definition) is 0. The molecule has 3 saturated carbocycles. The lowest BCUT2D eigenvalue weighted by atomic mass is 9.47. The van der Waals surface area contributed by atoms with Crippen LogP contribution in [0.25, 0.3) is 0 Å². The van der Waals surface area contributed by atoms with Crippen molar-refractivity contribution in [1.29, 1.82) is 0 Å². The van der Waals surface area contributed by atoms with Gasteiger partial charge in [-0.15, -0.1) is 0 Å². The maximum absolute atomic E-state index is 12.8. The number of carbonyl (C=O) groups excluding carboxylic acids is 2. The van der Waals surface area contributed by atoms with Gasteiger partial charge in [0.05, 0.1) is 0 Å². The maximum atomic E-state index is 12.8. The average Bonchev–Trinajstić information content (AvgIpc) is 2.88. The molecule has 126 valence electrons. The zero-order valence-corrected chi connectivity index (χ0v) is 13.9. The lowest BCUT2D eigenvalue weighted by Crippen LogP contribution is -2.51. The van der Waals surface area contributed by atoms with Crippen LogP contribution in [-0.2, 0) is 9.59 Å². The first-order valence-corrected chi connectivity index (χ1v) is 8.72. The third-order valence-electron chi connectivity index (χ3n) is 7.36. The molecule has 0 spiro atoms. The summed E-state index contributed by atoms with van der Waals surface area (Å²) < 4.78 is 65.7. The lowest BCUT2D eigenvalue weighted by Gasteiger charge is -2.58. The van der Waals surface area contributed by atoms with Crippen molar-refractivity contribution < 1.29 is 20.6 Å². The highest BCUT2D eigenvalue weighted by Gasteiger charge is 2.59.